The number of aliphatic carboxylic acids is 1. The number of hydrogen-bond donors (Lipinski definition) is 1. The van der Waals surface area contributed by atoms with E-state index >= 15 is 0 Å². The zero-order valence-corrected chi connectivity index (χ0v) is 10.4. The lowest BCUT2D eigenvalue weighted by Gasteiger charge is -2.33. The Morgan fingerprint density at radius 1 is 1.38 bits per heavy atom. The van der Waals surface area contributed by atoms with E-state index in [4.69, 9.17) is 9.84 Å². The van der Waals surface area contributed by atoms with Gasteiger partial charge in [0.15, 0.2) is 0 Å². The molecule has 0 radical (unpaired) electrons. The predicted octanol–water partition coefficient (Wildman–Crippen LogP) is 2.39. The summed E-state index contributed by atoms with van der Waals surface area (Å²) in [6.07, 6.45) is 1.91. The van der Waals surface area contributed by atoms with Crippen LogP contribution in [-0.4, -0.2) is 22.6 Å². The lowest BCUT2D eigenvalue weighted by Crippen LogP contribution is -2.39. The van der Waals surface area contributed by atoms with Gasteiger partial charge < -0.3 is 9.84 Å². The van der Waals surface area contributed by atoms with Gasteiger partial charge in [0.05, 0.1) is 5.41 Å². The van der Waals surface area contributed by atoms with E-state index in [2.05, 4.69) is 6.58 Å². The molecule has 0 bridgehead atoms. The van der Waals surface area contributed by atoms with Crippen LogP contribution in [0.1, 0.15) is 40.5 Å². The van der Waals surface area contributed by atoms with Crippen LogP contribution in [0.2, 0.25) is 0 Å². The van der Waals surface area contributed by atoms with Crippen molar-refractivity contribution in [2.24, 2.45) is 5.41 Å². The SMILES string of the molecule is C=CC(=O)OC(C)(CC)CC(C)(C)C(=O)O. The summed E-state index contributed by atoms with van der Waals surface area (Å²) in [5.74, 6) is -1.42. The number of esters is 1. The molecule has 1 N–H and O–H groups in total. The number of rotatable bonds is 6. The molecule has 0 amide bonds. The maximum atomic E-state index is 11.2. The van der Waals surface area contributed by atoms with Crippen molar-refractivity contribution in [3.8, 4) is 0 Å². The van der Waals surface area contributed by atoms with Gasteiger partial charge in [-0.1, -0.05) is 13.5 Å². The van der Waals surface area contributed by atoms with E-state index in [0.717, 1.165) is 6.08 Å². The van der Waals surface area contributed by atoms with Crippen LogP contribution in [0, 0.1) is 5.41 Å². The fourth-order valence-electron chi connectivity index (χ4n) is 1.53. The summed E-state index contributed by atoms with van der Waals surface area (Å²) in [5.41, 5.74) is -1.70. The summed E-state index contributed by atoms with van der Waals surface area (Å²) in [5, 5.41) is 9.03. The van der Waals surface area contributed by atoms with E-state index in [1.165, 1.54) is 0 Å². The molecular formula is C12H20O4. The number of carbonyl (C=O) groups is 2. The summed E-state index contributed by atoms with van der Waals surface area (Å²) >= 11 is 0. The predicted molar refractivity (Wildman–Crippen MR) is 61.0 cm³/mol. The Hall–Kier alpha value is -1.32. The van der Waals surface area contributed by atoms with Gasteiger partial charge in [-0.05, 0) is 27.2 Å². The van der Waals surface area contributed by atoms with Gasteiger partial charge in [0, 0.05) is 12.5 Å². The fraction of sp³-hybridized carbons (Fsp3) is 0.667. The highest BCUT2D eigenvalue weighted by molar-refractivity contribution is 5.81. The molecule has 0 aliphatic carbocycles. The smallest absolute Gasteiger partial charge is 0.330 e. The van der Waals surface area contributed by atoms with E-state index in [1.54, 1.807) is 20.8 Å². The summed E-state index contributed by atoms with van der Waals surface area (Å²) in [7, 11) is 0. The second kappa shape index (κ2) is 5.14. The van der Waals surface area contributed by atoms with E-state index in [-0.39, 0.29) is 6.42 Å². The lowest BCUT2D eigenvalue weighted by atomic mass is 9.80. The first-order valence-corrected chi connectivity index (χ1v) is 5.25. The molecule has 0 fully saturated rings. The molecule has 16 heavy (non-hydrogen) atoms. The monoisotopic (exact) mass is 228 g/mol. The molecule has 0 aromatic rings. The molecule has 1 atom stereocenters. The number of ether oxygens (including phenoxy) is 1. The number of carbonyl (C=O) groups excluding carboxylic acids is 1. The molecule has 0 aliphatic rings. The third kappa shape index (κ3) is 4.04. The Bertz CT molecular complexity index is 293. The molecule has 1 unspecified atom stereocenters. The van der Waals surface area contributed by atoms with Crippen LogP contribution < -0.4 is 0 Å². The van der Waals surface area contributed by atoms with Crippen molar-refractivity contribution in [3.05, 3.63) is 12.7 Å². The molecule has 4 heteroatoms. The molecular weight excluding hydrogens is 208 g/mol. The zero-order valence-electron chi connectivity index (χ0n) is 10.4. The molecule has 0 saturated heterocycles. The molecule has 92 valence electrons. The van der Waals surface area contributed by atoms with Gasteiger partial charge in [-0.25, -0.2) is 4.79 Å². The lowest BCUT2D eigenvalue weighted by molar-refractivity contribution is -0.162. The van der Waals surface area contributed by atoms with Crippen molar-refractivity contribution in [2.75, 3.05) is 0 Å². The van der Waals surface area contributed by atoms with Crippen molar-refractivity contribution in [1.29, 1.82) is 0 Å². The second-order valence-corrected chi connectivity index (χ2v) is 4.79. The van der Waals surface area contributed by atoms with Crippen LogP contribution in [-0.2, 0) is 14.3 Å². The minimum absolute atomic E-state index is 0.269. The van der Waals surface area contributed by atoms with Gasteiger partial charge in [-0.3, -0.25) is 4.79 Å². The number of hydrogen-bond acceptors (Lipinski definition) is 3. The standard InChI is InChI=1S/C12H20O4/c1-6-9(13)16-12(5,7-2)8-11(3,4)10(14)15/h6H,1,7-8H2,2-5H3,(H,14,15). The number of carboxylic acid groups (broad SMARTS) is 1. The van der Waals surface area contributed by atoms with Gasteiger partial charge in [0.25, 0.3) is 0 Å². The molecule has 0 heterocycles. The van der Waals surface area contributed by atoms with Crippen LogP contribution in [0.4, 0.5) is 0 Å². The molecule has 4 nitrogen and oxygen atoms in total. The third-order valence-electron chi connectivity index (χ3n) is 2.66. The van der Waals surface area contributed by atoms with E-state index in [1.807, 2.05) is 6.92 Å². The van der Waals surface area contributed by atoms with Crippen molar-refractivity contribution < 1.29 is 19.4 Å². The van der Waals surface area contributed by atoms with Crippen LogP contribution in [0.5, 0.6) is 0 Å². The van der Waals surface area contributed by atoms with Gasteiger partial charge >= 0.3 is 11.9 Å². The minimum atomic E-state index is -0.924. The van der Waals surface area contributed by atoms with Crippen LogP contribution in [0.15, 0.2) is 12.7 Å². The third-order valence-corrected chi connectivity index (χ3v) is 2.66. The fourth-order valence-corrected chi connectivity index (χ4v) is 1.53. The van der Waals surface area contributed by atoms with Crippen molar-refractivity contribution in [2.45, 2.75) is 46.1 Å². The Balaban J connectivity index is 4.78. The minimum Gasteiger partial charge on any atom is -0.481 e. The molecule has 0 aliphatic heterocycles. The highest BCUT2D eigenvalue weighted by atomic mass is 16.6. The average molecular weight is 228 g/mol. The summed E-state index contributed by atoms with van der Waals surface area (Å²) in [6, 6.07) is 0. The molecule has 0 saturated carbocycles. The highest BCUT2D eigenvalue weighted by Gasteiger charge is 2.38. The van der Waals surface area contributed by atoms with Crippen LogP contribution in [0.3, 0.4) is 0 Å². The first-order valence-electron chi connectivity index (χ1n) is 5.25. The summed E-state index contributed by atoms with van der Waals surface area (Å²) in [6.45, 7) is 10.1. The average Bonchev–Trinajstić information content (AvgIpc) is 2.16. The molecule has 0 aromatic carbocycles. The number of carboxylic acids is 1. The van der Waals surface area contributed by atoms with E-state index in [0.29, 0.717) is 6.42 Å². The molecule has 0 aromatic heterocycles. The largest absolute Gasteiger partial charge is 0.481 e. The van der Waals surface area contributed by atoms with Gasteiger partial charge in [-0.15, -0.1) is 0 Å². The molecule has 0 rings (SSSR count). The topological polar surface area (TPSA) is 63.6 Å². The first-order chi connectivity index (χ1) is 7.17. The van der Waals surface area contributed by atoms with Crippen LogP contribution in [0.25, 0.3) is 0 Å². The second-order valence-electron chi connectivity index (χ2n) is 4.79. The maximum absolute atomic E-state index is 11.2. The summed E-state index contributed by atoms with van der Waals surface area (Å²) in [4.78, 5) is 22.2. The quantitative estimate of drug-likeness (QED) is 0.560. The van der Waals surface area contributed by atoms with Crippen molar-refractivity contribution >= 4 is 11.9 Å². The van der Waals surface area contributed by atoms with Gasteiger partial charge in [-0.2, -0.15) is 0 Å². The Morgan fingerprint density at radius 2 is 1.88 bits per heavy atom. The van der Waals surface area contributed by atoms with Gasteiger partial charge in [0.2, 0.25) is 0 Å². The Kier molecular flexibility index (Phi) is 4.72. The Morgan fingerprint density at radius 3 is 2.19 bits per heavy atom. The zero-order chi connectivity index (χ0) is 13.0. The molecule has 0 spiro atoms. The normalized spacial score (nSPS) is 15.0. The maximum Gasteiger partial charge on any atom is 0.330 e. The van der Waals surface area contributed by atoms with Crippen molar-refractivity contribution in [1.82, 2.24) is 0 Å². The van der Waals surface area contributed by atoms with Crippen LogP contribution >= 0.6 is 0 Å². The van der Waals surface area contributed by atoms with E-state index in [9.17, 15) is 9.59 Å². The highest BCUT2D eigenvalue weighted by Crippen LogP contribution is 2.33. The van der Waals surface area contributed by atoms with Gasteiger partial charge in [0.1, 0.15) is 5.60 Å². The van der Waals surface area contributed by atoms with E-state index < -0.39 is 23.0 Å². The van der Waals surface area contributed by atoms with Crippen molar-refractivity contribution in [3.63, 3.8) is 0 Å². The summed E-state index contributed by atoms with van der Waals surface area (Å²) < 4.78 is 5.20. The Labute approximate surface area is 96.3 Å². The first kappa shape index (κ1) is 14.7.